The number of benzene rings is 2. The van der Waals surface area contributed by atoms with Crippen LogP contribution in [0, 0.1) is 22.0 Å². The highest BCUT2D eigenvalue weighted by molar-refractivity contribution is 6.22. The molecule has 0 unspecified atom stereocenters. The molecule has 0 radical (unpaired) electrons. The van der Waals surface area contributed by atoms with Crippen LogP contribution >= 0.6 is 0 Å². The number of amides is 2. The lowest BCUT2D eigenvalue weighted by atomic mass is 9.85. The fourth-order valence-corrected chi connectivity index (χ4v) is 3.63. The van der Waals surface area contributed by atoms with Crippen molar-refractivity contribution in [3.05, 3.63) is 76.4 Å². The van der Waals surface area contributed by atoms with E-state index in [1.165, 1.54) is 36.4 Å². The summed E-state index contributed by atoms with van der Waals surface area (Å²) in [5, 5.41) is 10.7. The van der Waals surface area contributed by atoms with Crippen molar-refractivity contribution in [1.29, 1.82) is 0 Å². The van der Waals surface area contributed by atoms with Crippen LogP contribution in [0.1, 0.15) is 23.2 Å². The minimum absolute atomic E-state index is 0.117. The van der Waals surface area contributed by atoms with Crippen LogP contribution in [0.15, 0.2) is 60.7 Å². The molecule has 2 atom stereocenters. The number of carbonyl (C=O) groups is 3. The third-order valence-corrected chi connectivity index (χ3v) is 5.11. The fraction of sp³-hybridized carbons (Fsp3) is 0.190. The Kier molecular flexibility index (Phi) is 4.67. The van der Waals surface area contributed by atoms with Crippen molar-refractivity contribution in [1.82, 2.24) is 0 Å². The highest BCUT2D eigenvalue weighted by Gasteiger charge is 2.47. The van der Waals surface area contributed by atoms with Crippen molar-refractivity contribution in [2.24, 2.45) is 11.8 Å². The average molecular weight is 392 g/mol. The first-order valence-electron chi connectivity index (χ1n) is 9.05. The van der Waals surface area contributed by atoms with Crippen molar-refractivity contribution >= 4 is 29.2 Å². The molecule has 2 aliphatic rings. The van der Waals surface area contributed by atoms with Gasteiger partial charge in [-0.2, -0.15) is 0 Å². The molecule has 2 amide bonds. The number of nitrogens with zero attached hydrogens (tertiary/aromatic N) is 2. The molecule has 0 bridgehead atoms. The van der Waals surface area contributed by atoms with Crippen molar-refractivity contribution in [3.8, 4) is 5.75 Å². The lowest BCUT2D eigenvalue weighted by Crippen LogP contribution is -2.31. The third-order valence-electron chi connectivity index (χ3n) is 5.11. The second kappa shape index (κ2) is 7.31. The zero-order valence-corrected chi connectivity index (χ0v) is 15.2. The summed E-state index contributed by atoms with van der Waals surface area (Å²) < 4.78 is 5.24. The number of nitro groups is 1. The number of imide groups is 1. The maximum Gasteiger partial charge on any atom is 0.343 e. The van der Waals surface area contributed by atoms with Gasteiger partial charge in [0.15, 0.2) is 0 Å². The van der Waals surface area contributed by atoms with Crippen LogP contribution in [-0.4, -0.2) is 22.7 Å². The second-order valence-electron chi connectivity index (χ2n) is 6.86. The predicted octanol–water partition coefficient (Wildman–Crippen LogP) is 3.27. The Bertz CT molecular complexity index is 1020. The minimum Gasteiger partial charge on any atom is -0.423 e. The SMILES string of the molecule is O=C(Oc1ccc([N+](=O)[O-])cc1)c1cccc(N2C(=O)[C@@H]3CC=CC[C@H]3C2=O)c1. The van der Waals surface area contributed by atoms with Crippen molar-refractivity contribution in [2.45, 2.75) is 12.8 Å². The Morgan fingerprint density at radius 2 is 1.62 bits per heavy atom. The van der Waals surface area contributed by atoms with Crippen molar-refractivity contribution in [3.63, 3.8) is 0 Å². The van der Waals surface area contributed by atoms with Gasteiger partial charge in [-0.3, -0.25) is 24.6 Å². The number of anilines is 1. The Morgan fingerprint density at radius 1 is 1.00 bits per heavy atom. The number of esters is 1. The summed E-state index contributed by atoms with van der Waals surface area (Å²) in [6.07, 6.45) is 4.89. The topological polar surface area (TPSA) is 107 Å². The number of non-ortho nitro benzene ring substituents is 1. The van der Waals surface area contributed by atoms with Gasteiger partial charge in [0.1, 0.15) is 5.75 Å². The minimum atomic E-state index is -0.695. The fourth-order valence-electron chi connectivity index (χ4n) is 3.63. The molecule has 4 rings (SSSR count). The first-order valence-corrected chi connectivity index (χ1v) is 9.05. The van der Waals surface area contributed by atoms with Crippen LogP contribution in [0.25, 0.3) is 0 Å². The zero-order valence-electron chi connectivity index (χ0n) is 15.2. The molecular weight excluding hydrogens is 376 g/mol. The molecular formula is C21H16N2O6. The number of hydrogen-bond donors (Lipinski definition) is 0. The molecule has 1 saturated heterocycles. The molecule has 1 fully saturated rings. The first-order chi connectivity index (χ1) is 14.0. The second-order valence-corrected chi connectivity index (χ2v) is 6.86. The van der Waals surface area contributed by atoms with Gasteiger partial charge in [-0.1, -0.05) is 18.2 Å². The van der Waals surface area contributed by atoms with Gasteiger partial charge in [0, 0.05) is 12.1 Å². The molecule has 1 aliphatic heterocycles. The summed E-state index contributed by atoms with van der Waals surface area (Å²) >= 11 is 0. The van der Waals surface area contributed by atoms with E-state index in [1.54, 1.807) is 12.1 Å². The smallest absolute Gasteiger partial charge is 0.343 e. The largest absolute Gasteiger partial charge is 0.423 e. The van der Waals surface area contributed by atoms with Gasteiger partial charge in [-0.05, 0) is 43.2 Å². The van der Waals surface area contributed by atoms with Crippen LogP contribution in [0.4, 0.5) is 11.4 Å². The number of rotatable bonds is 4. The summed E-state index contributed by atoms with van der Waals surface area (Å²) in [7, 11) is 0. The maximum atomic E-state index is 12.7. The number of fused-ring (bicyclic) bond motifs is 1. The van der Waals surface area contributed by atoms with Gasteiger partial charge in [0.05, 0.1) is 28.0 Å². The van der Waals surface area contributed by atoms with E-state index in [4.69, 9.17) is 4.74 Å². The molecule has 2 aromatic rings. The lowest BCUT2D eigenvalue weighted by molar-refractivity contribution is -0.384. The van der Waals surface area contributed by atoms with Gasteiger partial charge >= 0.3 is 5.97 Å². The standard InChI is InChI=1S/C21H16N2O6/c24-19-17-6-1-2-7-18(17)20(25)22(19)15-5-3-4-13(12-15)21(26)29-16-10-8-14(9-11-16)23(27)28/h1-5,8-12,17-18H,6-7H2/t17-,18-/m1/s1. The average Bonchev–Trinajstić information content (AvgIpc) is 2.99. The highest BCUT2D eigenvalue weighted by atomic mass is 16.6. The molecule has 0 spiro atoms. The van der Waals surface area contributed by atoms with Crippen LogP contribution in [0.5, 0.6) is 5.75 Å². The lowest BCUT2D eigenvalue weighted by Gasteiger charge is -2.15. The Hall–Kier alpha value is -3.81. The molecule has 0 aromatic heterocycles. The molecule has 29 heavy (non-hydrogen) atoms. The Morgan fingerprint density at radius 3 is 2.21 bits per heavy atom. The van der Waals surface area contributed by atoms with Crippen molar-refractivity contribution < 1.29 is 24.0 Å². The summed E-state index contributed by atoms with van der Waals surface area (Å²) in [4.78, 5) is 49.2. The summed E-state index contributed by atoms with van der Waals surface area (Å²) in [5.41, 5.74) is 0.371. The number of ether oxygens (including phenoxy) is 1. The van der Waals surface area contributed by atoms with E-state index < -0.39 is 10.9 Å². The third kappa shape index (κ3) is 3.40. The summed E-state index contributed by atoms with van der Waals surface area (Å²) in [6, 6.07) is 11.2. The molecule has 1 aliphatic carbocycles. The molecule has 0 N–H and O–H groups in total. The van der Waals surface area contributed by atoms with Crippen LogP contribution in [-0.2, 0) is 9.59 Å². The highest BCUT2D eigenvalue weighted by Crippen LogP contribution is 2.37. The molecule has 1 heterocycles. The number of nitro benzene ring substituents is 1. The molecule has 8 nitrogen and oxygen atoms in total. The summed E-state index contributed by atoms with van der Waals surface area (Å²) in [5.74, 6) is -1.78. The van der Waals surface area contributed by atoms with E-state index in [9.17, 15) is 24.5 Å². The van der Waals surface area contributed by atoms with Gasteiger partial charge < -0.3 is 4.74 Å². The Balaban J connectivity index is 1.54. The van der Waals surface area contributed by atoms with Crippen LogP contribution in [0.2, 0.25) is 0 Å². The normalized spacial score (nSPS) is 20.5. The Labute approximate surface area is 165 Å². The van der Waals surface area contributed by atoms with E-state index in [0.29, 0.717) is 18.5 Å². The summed E-state index contributed by atoms with van der Waals surface area (Å²) in [6.45, 7) is 0. The monoisotopic (exact) mass is 392 g/mol. The van der Waals surface area contributed by atoms with Crippen molar-refractivity contribution in [2.75, 3.05) is 4.90 Å². The van der Waals surface area contributed by atoms with Gasteiger partial charge in [-0.25, -0.2) is 4.79 Å². The van der Waals surface area contributed by atoms with Gasteiger partial charge in [0.25, 0.3) is 5.69 Å². The molecule has 0 saturated carbocycles. The molecule has 8 heteroatoms. The predicted molar refractivity (Wildman–Crippen MR) is 102 cm³/mol. The van der Waals surface area contributed by atoms with Gasteiger partial charge in [0.2, 0.25) is 11.8 Å². The number of carbonyl (C=O) groups excluding carboxylic acids is 3. The number of allylic oxidation sites excluding steroid dienone is 2. The van der Waals surface area contributed by atoms with Crippen LogP contribution in [0.3, 0.4) is 0 Å². The van der Waals surface area contributed by atoms with Gasteiger partial charge in [-0.15, -0.1) is 0 Å². The van der Waals surface area contributed by atoms with E-state index in [0.717, 1.165) is 4.90 Å². The van der Waals surface area contributed by atoms with E-state index in [2.05, 4.69) is 0 Å². The van der Waals surface area contributed by atoms with E-state index in [-0.39, 0.29) is 40.7 Å². The quantitative estimate of drug-likeness (QED) is 0.197. The molecule has 2 aromatic carbocycles. The first kappa shape index (κ1) is 18.5. The van der Waals surface area contributed by atoms with E-state index in [1.807, 2.05) is 12.2 Å². The molecule has 146 valence electrons. The zero-order chi connectivity index (χ0) is 20.5. The van der Waals surface area contributed by atoms with Crippen LogP contribution < -0.4 is 9.64 Å². The maximum absolute atomic E-state index is 12.7. The number of hydrogen-bond acceptors (Lipinski definition) is 6. The van der Waals surface area contributed by atoms with E-state index >= 15 is 0 Å².